The third-order valence-corrected chi connectivity index (χ3v) is 5.75. The Kier molecular flexibility index (Phi) is 3.90. The maximum absolute atomic E-state index is 11.4. The third-order valence-electron chi connectivity index (χ3n) is 4.82. The first kappa shape index (κ1) is 15.7. The number of primary sulfonamides is 1. The molecule has 1 aliphatic carbocycles. The van der Waals surface area contributed by atoms with E-state index in [2.05, 4.69) is 0 Å². The molecule has 0 radical (unpaired) electrons. The minimum absolute atomic E-state index is 0.0981. The Hall–Kier alpha value is -1.77. The molecule has 4 rings (SSSR count). The molecule has 7 nitrogen and oxygen atoms in total. The number of sulfonamides is 1. The van der Waals surface area contributed by atoms with Crippen LogP contribution in [0.5, 0.6) is 0 Å². The van der Waals surface area contributed by atoms with Gasteiger partial charge >= 0.3 is 0 Å². The van der Waals surface area contributed by atoms with Crippen LogP contribution in [0, 0.1) is 0 Å². The zero-order chi connectivity index (χ0) is 16.7. The molecule has 1 aromatic carbocycles. The summed E-state index contributed by atoms with van der Waals surface area (Å²) < 4.78 is 30.1. The van der Waals surface area contributed by atoms with E-state index in [4.69, 9.17) is 20.0 Å². The Labute approximate surface area is 140 Å². The van der Waals surface area contributed by atoms with Gasteiger partial charge in [0.05, 0.1) is 17.2 Å². The Morgan fingerprint density at radius 3 is 2.42 bits per heavy atom. The van der Waals surface area contributed by atoms with Gasteiger partial charge < -0.3 is 4.74 Å². The second kappa shape index (κ2) is 5.94. The van der Waals surface area contributed by atoms with Crippen LogP contribution in [-0.4, -0.2) is 36.4 Å². The molecule has 0 spiro atoms. The number of benzene rings is 1. The van der Waals surface area contributed by atoms with Crippen molar-refractivity contribution in [3.8, 4) is 5.69 Å². The molecule has 1 aliphatic heterocycles. The van der Waals surface area contributed by atoms with E-state index in [1.54, 1.807) is 12.1 Å². The highest BCUT2D eigenvalue weighted by Crippen LogP contribution is 2.37. The van der Waals surface area contributed by atoms with Crippen molar-refractivity contribution >= 4 is 10.0 Å². The summed E-state index contributed by atoms with van der Waals surface area (Å²) in [7, 11) is -3.69. The molecule has 1 atom stereocenters. The lowest BCUT2D eigenvalue weighted by Gasteiger charge is -2.24. The predicted octanol–water partition coefficient (Wildman–Crippen LogP) is 1.69. The minimum atomic E-state index is -3.69. The molecule has 8 heteroatoms. The van der Waals surface area contributed by atoms with Crippen molar-refractivity contribution < 1.29 is 13.2 Å². The van der Waals surface area contributed by atoms with E-state index >= 15 is 0 Å². The van der Waals surface area contributed by atoms with Gasteiger partial charge in [0.2, 0.25) is 10.0 Å². The van der Waals surface area contributed by atoms with Crippen LogP contribution >= 0.6 is 0 Å². The Balaban J connectivity index is 1.72. The van der Waals surface area contributed by atoms with Gasteiger partial charge in [-0.1, -0.05) is 6.42 Å². The summed E-state index contributed by atoms with van der Waals surface area (Å²) in [5.41, 5.74) is 0.807. The van der Waals surface area contributed by atoms with Crippen molar-refractivity contribution in [1.29, 1.82) is 0 Å². The predicted molar refractivity (Wildman–Crippen MR) is 87.5 cm³/mol. The molecular weight excluding hydrogens is 328 g/mol. The number of hydrogen-bond donors (Lipinski definition) is 1. The lowest BCUT2D eigenvalue weighted by Crippen LogP contribution is -2.16. The van der Waals surface area contributed by atoms with Crippen molar-refractivity contribution in [3.63, 3.8) is 0 Å². The number of rotatable bonds is 4. The number of nitrogens with two attached hydrogens (primary N) is 1. The van der Waals surface area contributed by atoms with Crippen LogP contribution in [-0.2, 0) is 14.8 Å². The molecule has 1 aromatic heterocycles. The first-order chi connectivity index (χ1) is 11.5. The van der Waals surface area contributed by atoms with Crippen LogP contribution in [0.4, 0.5) is 0 Å². The molecule has 0 bridgehead atoms. The topological polar surface area (TPSA) is 100 Å². The lowest BCUT2D eigenvalue weighted by molar-refractivity contribution is 0.193. The summed E-state index contributed by atoms with van der Waals surface area (Å²) in [5.74, 6) is 2.46. The van der Waals surface area contributed by atoms with Crippen molar-refractivity contribution in [3.05, 3.63) is 35.9 Å². The van der Waals surface area contributed by atoms with Crippen molar-refractivity contribution in [2.75, 3.05) is 13.2 Å². The molecular formula is C16H20N4O3S. The highest BCUT2D eigenvalue weighted by Gasteiger charge is 2.30. The van der Waals surface area contributed by atoms with Gasteiger partial charge in [-0.25, -0.2) is 23.2 Å². The Bertz CT molecular complexity index is 835. The number of hydrogen-bond acceptors (Lipinski definition) is 5. The number of ether oxygens (including phenoxy) is 1. The van der Waals surface area contributed by atoms with Gasteiger partial charge in [-0.05, 0) is 43.5 Å². The standard InChI is InChI=1S/C16H20N4O3S/c17-24(21,22)14-6-4-13(5-7-14)20-16(11-2-1-3-11)18-15(19-20)12-8-9-23-10-12/h4-7,11-12H,1-3,8-10H2,(H2,17,21,22)/t12-/m0/s1. The van der Waals surface area contributed by atoms with Gasteiger partial charge in [-0.15, -0.1) is 0 Å². The maximum atomic E-state index is 11.4. The molecule has 0 amide bonds. The average molecular weight is 348 g/mol. The Morgan fingerprint density at radius 2 is 1.88 bits per heavy atom. The molecule has 1 saturated carbocycles. The summed E-state index contributed by atoms with van der Waals surface area (Å²) in [6, 6.07) is 6.47. The average Bonchev–Trinajstić information content (AvgIpc) is 3.13. The summed E-state index contributed by atoms with van der Waals surface area (Å²) in [6.07, 6.45) is 4.39. The zero-order valence-corrected chi connectivity index (χ0v) is 14.1. The van der Waals surface area contributed by atoms with Gasteiger partial charge in [0, 0.05) is 18.4 Å². The zero-order valence-electron chi connectivity index (χ0n) is 13.3. The van der Waals surface area contributed by atoms with Gasteiger partial charge in [-0.2, -0.15) is 5.10 Å². The lowest BCUT2D eigenvalue weighted by atomic mass is 9.85. The van der Waals surface area contributed by atoms with Crippen molar-refractivity contribution in [2.24, 2.45) is 5.14 Å². The van der Waals surface area contributed by atoms with Crippen molar-refractivity contribution in [2.45, 2.75) is 42.4 Å². The summed E-state index contributed by atoms with van der Waals surface area (Å²) in [6.45, 7) is 1.42. The minimum Gasteiger partial charge on any atom is -0.381 e. The van der Waals surface area contributed by atoms with Gasteiger partial charge in [0.15, 0.2) is 5.82 Å². The van der Waals surface area contributed by atoms with Crippen LogP contribution in [0.1, 0.15) is 49.2 Å². The summed E-state index contributed by atoms with van der Waals surface area (Å²) >= 11 is 0. The highest BCUT2D eigenvalue weighted by atomic mass is 32.2. The van der Waals surface area contributed by atoms with Crippen LogP contribution in [0.3, 0.4) is 0 Å². The fourth-order valence-corrected chi connectivity index (χ4v) is 3.66. The van der Waals surface area contributed by atoms with Gasteiger partial charge in [0.25, 0.3) is 0 Å². The molecule has 2 fully saturated rings. The normalized spacial score (nSPS) is 21.8. The largest absolute Gasteiger partial charge is 0.381 e. The van der Waals surface area contributed by atoms with E-state index in [1.165, 1.54) is 18.6 Å². The molecule has 1 saturated heterocycles. The fourth-order valence-electron chi connectivity index (χ4n) is 3.15. The van der Waals surface area contributed by atoms with E-state index < -0.39 is 10.0 Å². The second-order valence-corrected chi connectivity index (χ2v) is 8.03. The number of nitrogens with zero attached hydrogens (tertiary/aromatic N) is 3. The molecule has 2 N–H and O–H groups in total. The molecule has 2 heterocycles. The quantitative estimate of drug-likeness (QED) is 0.906. The number of aromatic nitrogens is 3. The highest BCUT2D eigenvalue weighted by molar-refractivity contribution is 7.89. The SMILES string of the molecule is NS(=O)(=O)c1ccc(-n2nc([C@H]3CCOC3)nc2C2CCC2)cc1. The van der Waals surface area contributed by atoms with Gasteiger partial charge in [-0.3, -0.25) is 0 Å². The molecule has 128 valence electrons. The fraction of sp³-hybridized carbons (Fsp3) is 0.500. The molecule has 0 unspecified atom stereocenters. The van der Waals surface area contributed by atoms with Crippen LogP contribution in [0.25, 0.3) is 5.69 Å². The van der Waals surface area contributed by atoms with E-state index in [1.807, 2.05) is 4.68 Å². The molecule has 2 aromatic rings. The summed E-state index contributed by atoms with van der Waals surface area (Å²) in [4.78, 5) is 4.89. The van der Waals surface area contributed by atoms with Crippen LogP contribution in [0.15, 0.2) is 29.2 Å². The van der Waals surface area contributed by atoms with E-state index in [9.17, 15) is 8.42 Å². The smallest absolute Gasteiger partial charge is 0.238 e. The van der Waals surface area contributed by atoms with Crippen molar-refractivity contribution in [1.82, 2.24) is 14.8 Å². The van der Waals surface area contributed by atoms with E-state index in [0.29, 0.717) is 12.5 Å². The third kappa shape index (κ3) is 2.85. The van der Waals surface area contributed by atoms with Crippen LogP contribution < -0.4 is 5.14 Å². The van der Waals surface area contributed by atoms with Gasteiger partial charge in [0.1, 0.15) is 5.82 Å². The first-order valence-electron chi connectivity index (χ1n) is 8.20. The maximum Gasteiger partial charge on any atom is 0.238 e. The van der Waals surface area contributed by atoms with E-state index in [-0.39, 0.29) is 10.8 Å². The first-order valence-corrected chi connectivity index (χ1v) is 9.75. The monoisotopic (exact) mass is 348 g/mol. The molecule has 2 aliphatic rings. The summed E-state index contributed by atoms with van der Waals surface area (Å²) in [5, 5.41) is 9.87. The van der Waals surface area contributed by atoms with E-state index in [0.717, 1.165) is 43.2 Å². The molecule has 24 heavy (non-hydrogen) atoms. The Morgan fingerprint density at radius 1 is 1.12 bits per heavy atom. The van der Waals surface area contributed by atoms with Crippen LogP contribution in [0.2, 0.25) is 0 Å². The second-order valence-electron chi connectivity index (χ2n) is 6.47.